The average Bonchev–Trinajstić information content (AvgIpc) is 1.61. The summed E-state index contributed by atoms with van der Waals surface area (Å²) in [5, 5.41) is 0. The Balaban J connectivity index is 0.888. The zero-order valence-electron chi connectivity index (χ0n) is 63.8. The van der Waals surface area contributed by atoms with Crippen molar-refractivity contribution in [3.8, 4) is 29.3 Å². The molecular formula is C92H134N2O2S4. The van der Waals surface area contributed by atoms with Crippen LogP contribution in [-0.4, -0.2) is 34.7 Å². The Morgan fingerprint density at radius 2 is 0.570 bits per heavy atom. The minimum Gasteiger partial charge on any atom is -0.312 e. The van der Waals surface area contributed by atoms with Gasteiger partial charge in [-0.1, -0.05) is 333 Å². The van der Waals surface area contributed by atoms with Crippen LogP contribution in [0.15, 0.2) is 126 Å². The number of amides is 2. The SMILES string of the molecule is CCCCCCCCCCCCC(CCCCCCCCCC)Cc1ccc(CCCN2C(=O)/C(=C3\C=C(c4ccc(-c5ccc(-c6ccc(-c7ccc(C)s7)s6)s5)s4)N(CCCc4ccc(CC(CCCCCCCCCC)CCCCCCCCCCCC)cc4)C3=O)C=C2C)cc1. The normalized spacial score (nSPS) is 14.7. The Hall–Kier alpha value is -4.60. The van der Waals surface area contributed by atoms with Crippen molar-refractivity contribution in [1.82, 2.24) is 9.80 Å². The molecule has 0 fully saturated rings. The van der Waals surface area contributed by atoms with Crippen LogP contribution in [0.5, 0.6) is 0 Å². The fourth-order valence-corrected chi connectivity index (χ4v) is 19.7. The number of carbonyl (C=O) groups is 2. The first-order chi connectivity index (χ1) is 49.1. The van der Waals surface area contributed by atoms with E-state index in [-0.39, 0.29) is 11.8 Å². The zero-order valence-corrected chi connectivity index (χ0v) is 67.1. The van der Waals surface area contributed by atoms with E-state index in [0.29, 0.717) is 24.2 Å². The number of nitrogens with zero attached hydrogens (tertiary/aromatic N) is 2. The molecule has 2 aliphatic heterocycles. The van der Waals surface area contributed by atoms with Gasteiger partial charge in [0, 0.05) is 52.9 Å². The Kier molecular flexibility index (Phi) is 38.7. The molecule has 0 saturated carbocycles. The summed E-state index contributed by atoms with van der Waals surface area (Å²) in [6, 6.07) is 37.0. The van der Waals surface area contributed by atoms with E-state index in [1.807, 2.05) is 62.9 Å². The van der Waals surface area contributed by atoms with E-state index >= 15 is 4.79 Å². The number of allylic oxidation sites excluding steroid dienone is 1. The smallest absolute Gasteiger partial charge is 0.259 e. The Bertz CT molecular complexity index is 3310. The van der Waals surface area contributed by atoms with Gasteiger partial charge in [-0.05, 0) is 147 Å². The van der Waals surface area contributed by atoms with Crippen LogP contribution in [0.1, 0.15) is 336 Å². The maximum absolute atomic E-state index is 15.1. The van der Waals surface area contributed by atoms with Crippen LogP contribution < -0.4 is 0 Å². The van der Waals surface area contributed by atoms with Gasteiger partial charge in [0.15, 0.2) is 0 Å². The van der Waals surface area contributed by atoms with Gasteiger partial charge < -0.3 is 9.80 Å². The molecule has 6 aromatic rings. The third kappa shape index (κ3) is 28.5. The predicted molar refractivity (Wildman–Crippen MR) is 442 cm³/mol. The molecule has 0 saturated heterocycles. The molecule has 0 radical (unpaired) electrons. The van der Waals surface area contributed by atoms with Crippen LogP contribution in [0.2, 0.25) is 0 Å². The van der Waals surface area contributed by atoms with E-state index in [1.54, 1.807) is 11.3 Å². The van der Waals surface area contributed by atoms with Crippen LogP contribution in [-0.2, 0) is 35.3 Å². The van der Waals surface area contributed by atoms with Crippen molar-refractivity contribution in [3.05, 3.63) is 158 Å². The van der Waals surface area contributed by atoms with Gasteiger partial charge in [0.05, 0.1) is 21.7 Å². The number of rotatable bonds is 56. The highest BCUT2D eigenvalue weighted by Crippen LogP contribution is 2.45. The summed E-state index contributed by atoms with van der Waals surface area (Å²) in [5.41, 5.74) is 8.50. The van der Waals surface area contributed by atoms with Gasteiger partial charge in [-0.25, -0.2) is 0 Å². The van der Waals surface area contributed by atoms with Crippen LogP contribution in [0.3, 0.4) is 0 Å². The maximum Gasteiger partial charge on any atom is 0.259 e. The molecule has 0 aliphatic carbocycles. The summed E-state index contributed by atoms with van der Waals surface area (Å²) in [5.74, 6) is 1.41. The first kappa shape index (κ1) is 81.1. The molecule has 100 heavy (non-hydrogen) atoms. The lowest BCUT2D eigenvalue weighted by Gasteiger charge is -2.20. The van der Waals surface area contributed by atoms with Crippen LogP contribution in [0.4, 0.5) is 0 Å². The van der Waals surface area contributed by atoms with Crippen molar-refractivity contribution in [2.75, 3.05) is 13.1 Å². The molecule has 2 amide bonds. The molecule has 2 unspecified atom stereocenters. The van der Waals surface area contributed by atoms with E-state index < -0.39 is 0 Å². The molecule has 8 rings (SSSR count). The number of carbonyl (C=O) groups excluding carboxylic acids is 2. The van der Waals surface area contributed by atoms with E-state index in [2.05, 4.69) is 132 Å². The summed E-state index contributed by atoms with van der Waals surface area (Å²) in [6.45, 7) is 14.7. The van der Waals surface area contributed by atoms with E-state index in [9.17, 15) is 4.79 Å². The van der Waals surface area contributed by atoms with Gasteiger partial charge in [0.1, 0.15) is 0 Å². The third-order valence-electron chi connectivity index (χ3n) is 21.8. The van der Waals surface area contributed by atoms with Crippen LogP contribution >= 0.6 is 45.3 Å². The molecule has 2 aromatic carbocycles. The molecule has 2 aliphatic rings. The minimum absolute atomic E-state index is 0.0499. The summed E-state index contributed by atoms with van der Waals surface area (Å²) in [4.78, 5) is 43.7. The highest BCUT2D eigenvalue weighted by molar-refractivity contribution is 7.28. The molecule has 548 valence electrons. The summed E-state index contributed by atoms with van der Waals surface area (Å²) in [6.07, 6.45) is 65.4. The lowest BCUT2D eigenvalue weighted by Crippen LogP contribution is -2.29. The molecule has 4 nitrogen and oxygen atoms in total. The Morgan fingerprint density at radius 3 is 0.920 bits per heavy atom. The first-order valence-corrected chi connectivity index (χ1v) is 44.7. The predicted octanol–water partition coefficient (Wildman–Crippen LogP) is 29.7. The number of hydrogen-bond donors (Lipinski definition) is 0. The molecule has 2 atom stereocenters. The number of thiophene rings is 4. The van der Waals surface area contributed by atoms with Gasteiger partial charge >= 0.3 is 0 Å². The van der Waals surface area contributed by atoms with E-state index in [1.165, 1.54) is 326 Å². The van der Waals surface area contributed by atoms with Crippen molar-refractivity contribution < 1.29 is 9.59 Å². The lowest BCUT2D eigenvalue weighted by molar-refractivity contribution is -0.126. The second-order valence-corrected chi connectivity index (χ2v) is 34.9. The largest absolute Gasteiger partial charge is 0.312 e. The number of aryl methyl sites for hydroxylation is 3. The maximum atomic E-state index is 15.1. The fraction of sp³-hybridized carbons (Fsp3) is 0.609. The standard InChI is InChI=1S/C92H134N2O2S4/c1-7-11-15-19-23-27-29-33-37-41-47-77(45-39-35-31-25-21-17-13-9-3)70-79-56-52-75(53-57-79)49-43-67-93-73(5)69-81(91(93)95)82-72-83(84-61-62-87(98-84)88-65-66-90(100-88)89-64-63-86(99-89)85-60-51-74(6)97-85)94(92(82)96)68-44-50-76-54-58-80(59-55-76)71-78(46-40-36-32-26-22-18-14-10-4)48-42-38-34-30-28-24-20-16-12-8-2/h51-66,69,72,77-78H,7-50,67-68,70-71H2,1-6H3/b82-81+. The number of unbranched alkanes of at least 4 members (excludes halogenated alkanes) is 32. The van der Waals surface area contributed by atoms with Gasteiger partial charge in [-0.2, -0.15) is 0 Å². The van der Waals surface area contributed by atoms with Crippen molar-refractivity contribution >= 4 is 62.9 Å². The van der Waals surface area contributed by atoms with Gasteiger partial charge in [-0.15, -0.1) is 45.3 Å². The highest BCUT2D eigenvalue weighted by Gasteiger charge is 2.37. The Labute approximate surface area is 626 Å². The monoisotopic (exact) mass is 1430 g/mol. The summed E-state index contributed by atoms with van der Waals surface area (Å²) >= 11 is 7.31. The average molecular weight is 1430 g/mol. The second kappa shape index (κ2) is 47.7. The van der Waals surface area contributed by atoms with Crippen LogP contribution in [0.25, 0.3) is 35.0 Å². The summed E-state index contributed by atoms with van der Waals surface area (Å²) in [7, 11) is 0. The van der Waals surface area contributed by atoms with Crippen molar-refractivity contribution in [2.24, 2.45) is 11.8 Å². The topological polar surface area (TPSA) is 40.6 Å². The quantitative estimate of drug-likeness (QED) is 0.0282. The van der Waals surface area contributed by atoms with Crippen molar-refractivity contribution in [3.63, 3.8) is 0 Å². The second-order valence-electron chi connectivity index (χ2n) is 30.4. The van der Waals surface area contributed by atoms with Crippen LogP contribution in [0, 0.1) is 18.8 Å². The Morgan fingerprint density at radius 1 is 0.290 bits per heavy atom. The lowest BCUT2D eigenvalue weighted by atomic mass is 9.88. The number of benzene rings is 2. The zero-order chi connectivity index (χ0) is 70.2. The molecule has 0 bridgehead atoms. The molecule has 8 heteroatoms. The first-order valence-electron chi connectivity index (χ1n) is 41.5. The van der Waals surface area contributed by atoms with Crippen molar-refractivity contribution in [2.45, 2.75) is 337 Å². The van der Waals surface area contributed by atoms with Gasteiger partial charge in [0.25, 0.3) is 11.8 Å². The molecule has 6 heterocycles. The number of hydrogen-bond acceptors (Lipinski definition) is 6. The summed E-state index contributed by atoms with van der Waals surface area (Å²) < 4.78 is 0. The fourth-order valence-electron chi connectivity index (χ4n) is 15.6. The van der Waals surface area contributed by atoms with E-state index in [4.69, 9.17) is 0 Å². The third-order valence-corrected chi connectivity index (χ3v) is 26.7. The molecular weight excluding hydrogens is 1290 g/mol. The molecule has 0 spiro atoms. The molecule has 4 aromatic heterocycles. The van der Waals surface area contributed by atoms with E-state index in [0.717, 1.165) is 53.8 Å². The molecule has 0 N–H and O–H groups in total. The minimum atomic E-state index is -0.0593. The van der Waals surface area contributed by atoms with Crippen molar-refractivity contribution in [1.29, 1.82) is 0 Å². The highest BCUT2D eigenvalue weighted by atomic mass is 32.1. The van der Waals surface area contributed by atoms with Gasteiger partial charge in [0.2, 0.25) is 0 Å². The van der Waals surface area contributed by atoms with Gasteiger partial charge in [-0.3, -0.25) is 9.59 Å².